The fourth-order valence-corrected chi connectivity index (χ4v) is 2.25. The second-order valence-electron chi connectivity index (χ2n) is 4.57. The number of nitrogens with one attached hydrogen (secondary N) is 1. The molecule has 5 heteroatoms. The van der Waals surface area contributed by atoms with Gasteiger partial charge in [0, 0.05) is 11.6 Å². The van der Waals surface area contributed by atoms with Crippen molar-refractivity contribution in [3.63, 3.8) is 0 Å². The Morgan fingerprint density at radius 3 is 2.67 bits per heavy atom. The largest absolute Gasteiger partial charge is 0.508 e. The Labute approximate surface area is 104 Å². The van der Waals surface area contributed by atoms with Crippen LogP contribution in [0, 0.1) is 5.92 Å². The SMILES string of the molecule is O=C(N[C@H]1CC[C@@H](C(=O)O)C1)c1cccc(O)c1. The molecule has 0 saturated heterocycles. The summed E-state index contributed by atoms with van der Waals surface area (Å²) in [6.45, 7) is 0. The molecule has 2 atom stereocenters. The Bertz CT molecular complexity index is 472. The average molecular weight is 249 g/mol. The first kappa shape index (κ1) is 12.4. The number of rotatable bonds is 3. The third-order valence-electron chi connectivity index (χ3n) is 3.23. The fourth-order valence-electron chi connectivity index (χ4n) is 2.25. The number of hydrogen-bond acceptors (Lipinski definition) is 3. The number of phenols is 1. The van der Waals surface area contributed by atoms with Crippen LogP contribution in [0.4, 0.5) is 0 Å². The first-order valence-electron chi connectivity index (χ1n) is 5.89. The molecule has 3 N–H and O–H groups in total. The van der Waals surface area contributed by atoms with Crippen molar-refractivity contribution in [3.8, 4) is 5.75 Å². The first-order valence-corrected chi connectivity index (χ1v) is 5.89. The van der Waals surface area contributed by atoms with Crippen LogP contribution < -0.4 is 5.32 Å². The lowest BCUT2D eigenvalue weighted by Crippen LogP contribution is -2.33. The molecule has 0 aromatic heterocycles. The van der Waals surface area contributed by atoms with E-state index >= 15 is 0 Å². The minimum Gasteiger partial charge on any atom is -0.508 e. The molecule has 1 aliphatic rings. The predicted octanol–water partition coefficient (Wildman–Crippen LogP) is 1.38. The molecule has 1 fully saturated rings. The lowest BCUT2D eigenvalue weighted by molar-refractivity contribution is -0.141. The number of aliphatic carboxylic acids is 1. The molecule has 18 heavy (non-hydrogen) atoms. The van der Waals surface area contributed by atoms with Crippen molar-refractivity contribution < 1.29 is 19.8 Å². The molecule has 1 amide bonds. The Hall–Kier alpha value is -2.04. The highest BCUT2D eigenvalue weighted by molar-refractivity contribution is 5.94. The number of phenolic OH excluding ortho intramolecular Hbond substituents is 1. The lowest BCUT2D eigenvalue weighted by atomic mass is 10.1. The number of amides is 1. The number of carbonyl (C=O) groups is 2. The molecule has 1 aromatic carbocycles. The summed E-state index contributed by atoms with van der Waals surface area (Å²) in [4.78, 5) is 22.7. The van der Waals surface area contributed by atoms with Crippen LogP contribution in [0.15, 0.2) is 24.3 Å². The molecule has 1 saturated carbocycles. The molecule has 0 radical (unpaired) electrons. The maximum absolute atomic E-state index is 11.9. The van der Waals surface area contributed by atoms with Gasteiger partial charge in [-0.3, -0.25) is 9.59 Å². The van der Waals surface area contributed by atoms with E-state index in [2.05, 4.69) is 5.32 Å². The highest BCUT2D eigenvalue weighted by Gasteiger charge is 2.30. The topological polar surface area (TPSA) is 86.6 Å². The molecule has 0 aliphatic heterocycles. The van der Waals surface area contributed by atoms with Gasteiger partial charge in [-0.1, -0.05) is 6.07 Å². The van der Waals surface area contributed by atoms with Gasteiger partial charge in [-0.25, -0.2) is 0 Å². The number of carboxylic acids is 1. The molecular formula is C13H15NO4. The number of carboxylic acid groups (broad SMARTS) is 1. The van der Waals surface area contributed by atoms with Gasteiger partial charge in [0.25, 0.3) is 5.91 Å². The monoisotopic (exact) mass is 249 g/mol. The van der Waals surface area contributed by atoms with Gasteiger partial charge in [0.15, 0.2) is 0 Å². The maximum Gasteiger partial charge on any atom is 0.306 e. The molecule has 0 bridgehead atoms. The Kier molecular flexibility index (Phi) is 3.50. The van der Waals surface area contributed by atoms with Crippen LogP contribution in [0.2, 0.25) is 0 Å². The molecule has 0 heterocycles. The van der Waals surface area contributed by atoms with Gasteiger partial charge in [-0.15, -0.1) is 0 Å². The minimum atomic E-state index is -0.802. The number of carbonyl (C=O) groups excluding carboxylic acids is 1. The quantitative estimate of drug-likeness (QED) is 0.755. The van der Waals surface area contributed by atoms with Crippen molar-refractivity contribution in [1.82, 2.24) is 5.32 Å². The Morgan fingerprint density at radius 2 is 2.06 bits per heavy atom. The van der Waals surface area contributed by atoms with Crippen LogP contribution in [0.25, 0.3) is 0 Å². The Balaban J connectivity index is 1.95. The normalized spacial score (nSPS) is 22.7. The zero-order chi connectivity index (χ0) is 13.1. The van der Waals surface area contributed by atoms with Crippen molar-refractivity contribution in [2.45, 2.75) is 25.3 Å². The van der Waals surface area contributed by atoms with Gasteiger partial charge >= 0.3 is 5.97 Å². The van der Waals surface area contributed by atoms with E-state index in [0.29, 0.717) is 24.8 Å². The molecule has 1 aliphatic carbocycles. The molecule has 0 unspecified atom stereocenters. The van der Waals surface area contributed by atoms with Crippen molar-refractivity contribution in [1.29, 1.82) is 0 Å². The summed E-state index contributed by atoms with van der Waals surface area (Å²) in [7, 11) is 0. The van der Waals surface area contributed by atoms with E-state index in [-0.39, 0.29) is 23.6 Å². The van der Waals surface area contributed by atoms with Gasteiger partial charge < -0.3 is 15.5 Å². The highest BCUT2D eigenvalue weighted by Crippen LogP contribution is 2.26. The standard InChI is InChI=1S/C13H15NO4/c15-11-3-1-2-8(7-11)12(16)14-10-5-4-9(6-10)13(17)18/h1-3,7,9-10,15H,4-6H2,(H,14,16)(H,17,18)/t9-,10+/m1/s1. The second-order valence-corrected chi connectivity index (χ2v) is 4.57. The summed E-state index contributed by atoms with van der Waals surface area (Å²) in [6, 6.07) is 5.99. The van der Waals surface area contributed by atoms with Crippen LogP contribution in [0.5, 0.6) is 5.75 Å². The fraction of sp³-hybridized carbons (Fsp3) is 0.385. The zero-order valence-corrected chi connectivity index (χ0v) is 9.80. The number of aromatic hydroxyl groups is 1. The second kappa shape index (κ2) is 5.08. The number of hydrogen-bond donors (Lipinski definition) is 3. The minimum absolute atomic E-state index is 0.0393. The third-order valence-corrected chi connectivity index (χ3v) is 3.23. The van der Waals surface area contributed by atoms with Gasteiger partial charge in [-0.2, -0.15) is 0 Å². The molecule has 2 rings (SSSR count). The van der Waals surface area contributed by atoms with Gasteiger partial charge in [0.05, 0.1) is 5.92 Å². The van der Waals surface area contributed by atoms with Crippen molar-refractivity contribution in [3.05, 3.63) is 29.8 Å². The summed E-state index contributed by atoms with van der Waals surface area (Å²) in [5.74, 6) is -1.40. The van der Waals surface area contributed by atoms with Crippen LogP contribution in [-0.2, 0) is 4.79 Å². The van der Waals surface area contributed by atoms with Gasteiger partial charge in [0.1, 0.15) is 5.75 Å². The van der Waals surface area contributed by atoms with Crippen molar-refractivity contribution in [2.75, 3.05) is 0 Å². The maximum atomic E-state index is 11.9. The third kappa shape index (κ3) is 2.80. The molecular weight excluding hydrogens is 234 g/mol. The van der Waals surface area contributed by atoms with Crippen molar-refractivity contribution >= 4 is 11.9 Å². The van der Waals surface area contributed by atoms with E-state index in [0.717, 1.165) is 0 Å². The van der Waals surface area contributed by atoms with Gasteiger partial charge in [0.2, 0.25) is 0 Å². The van der Waals surface area contributed by atoms with E-state index in [1.165, 1.54) is 12.1 Å². The molecule has 1 aromatic rings. The van der Waals surface area contributed by atoms with Gasteiger partial charge in [-0.05, 0) is 37.5 Å². The van der Waals surface area contributed by atoms with Crippen LogP contribution in [-0.4, -0.2) is 28.1 Å². The molecule has 5 nitrogen and oxygen atoms in total. The van der Waals surface area contributed by atoms with E-state index in [4.69, 9.17) is 5.11 Å². The highest BCUT2D eigenvalue weighted by atomic mass is 16.4. The summed E-state index contributed by atoms with van der Waals surface area (Å²) in [5.41, 5.74) is 0.383. The smallest absolute Gasteiger partial charge is 0.306 e. The first-order chi connectivity index (χ1) is 8.56. The summed E-state index contributed by atoms with van der Waals surface area (Å²) < 4.78 is 0. The lowest BCUT2D eigenvalue weighted by Gasteiger charge is -2.12. The van der Waals surface area contributed by atoms with Crippen molar-refractivity contribution in [2.24, 2.45) is 5.92 Å². The number of benzene rings is 1. The van der Waals surface area contributed by atoms with E-state index < -0.39 is 5.97 Å². The Morgan fingerprint density at radius 1 is 1.28 bits per heavy atom. The summed E-state index contributed by atoms with van der Waals surface area (Å²) >= 11 is 0. The van der Waals surface area contributed by atoms with E-state index in [1.54, 1.807) is 12.1 Å². The predicted molar refractivity (Wildman–Crippen MR) is 64.3 cm³/mol. The molecule has 0 spiro atoms. The van der Waals surface area contributed by atoms with Crippen LogP contribution in [0.1, 0.15) is 29.6 Å². The van der Waals surface area contributed by atoms with Crippen LogP contribution >= 0.6 is 0 Å². The average Bonchev–Trinajstić information content (AvgIpc) is 2.77. The summed E-state index contributed by atoms with van der Waals surface area (Å²) in [6.07, 6.45) is 1.75. The van der Waals surface area contributed by atoms with Crippen LogP contribution in [0.3, 0.4) is 0 Å². The van der Waals surface area contributed by atoms with E-state index in [9.17, 15) is 14.7 Å². The zero-order valence-electron chi connectivity index (χ0n) is 9.80. The molecule has 96 valence electrons. The summed E-state index contributed by atoms with van der Waals surface area (Å²) in [5, 5.41) is 20.9. The van der Waals surface area contributed by atoms with E-state index in [1.807, 2.05) is 0 Å².